The molecule has 8 atom stereocenters. The second-order valence-electron chi connectivity index (χ2n) is 26.7. The molecule has 19 nitrogen and oxygen atoms in total. The number of hydrogen-bond donors (Lipinski definition) is 1. The van der Waals surface area contributed by atoms with Crippen molar-refractivity contribution < 1.29 is 90.2 Å². The van der Waals surface area contributed by atoms with Crippen molar-refractivity contribution in [2.24, 2.45) is 0 Å². The number of carbonyl (C=O) groups is 8. The molecule has 0 aliphatic heterocycles. The lowest BCUT2D eigenvalue weighted by atomic mass is 10.0. The van der Waals surface area contributed by atoms with Crippen molar-refractivity contribution in [3.05, 3.63) is 287 Å². The molecular formula is C80H87BrO19Si2. The Morgan fingerprint density at radius 2 is 0.461 bits per heavy atom. The standard InChI is InChI=1S/C40H43BrO9Si.C40H44O10Si/c2*1-40(2,3)51(4,5)46-27-33(48-37(43)29-20-12-7-13-21-29)35(50-39(45)31-24-16-9-17-25-31)34(49-38(44)30-22-14-8-15-23-30)32(26-41)47-36(42)28-18-10-6-11-19-28/h6-25,32-35H,26-27H2,1-5H3;6-25,32-35,41H,26-27H2,1-5H3/t2*32-,33-,34-,35-/m11/s1. The first-order valence-electron chi connectivity index (χ1n) is 33.1. The summed E-state index contributed by atoms with van der Waals surface area (Å²) >= 11 is 3.44. The summed E-state index contributed by atoms with van der Waals surface area (Å²) in [5, 5.41) is 10.2. The van der Waals surface area contributed by atoms with Crippen molar-refractivity contribution in [1.82, 2.24) is 0 Å². The van der Waals surface area contributed by atoms with Crippen LogP contribution in [0, 0.1) is 0 Å². The number of rotatable bonds is 30. The molecule has 0 aromatic heterocycles. The van der Waals surface area contributed by atoms with E-state index in [-0.39, 0.29) is 73.1 Å². The Labute approximate surface area is 606 Å². The lowest BCUT2D eigenvalue weighted by molar-refractivity contribution is -0.136. The van der Waals surface area contributed by atoms with E-state index in [0.29, 0.717) is 0 Å². The minimum absolute atomic E-state index is 0.0415. The van der Waals surface area contributed by atoms with Gasteiger partial charge in [0, 0.05) is 5.33 Å². The topological polar surface area (TPSA) is 249 Å². The maximum atomic E-state index is 13.8. The molecule has 8 rings (SSSR count). The third kappa shape index (κ3) is 23.2. The van der Waals surface area contributed by atoms with Crippen LogP contribution >= 0.6 is 15.9 Å². The van der Waals surface area contributed by atoms with Gasteiger partial charge in [-0.25, -0.2) is 38.4 Å². The van der Waals surface area contributed by atoms with E-state index in [4.69, 9.17) is 46.7 Å². The summed E-state index contributed by atoms with van der Waals surface area (Å²) in [6, 6.07) is 65.4. The Bertz CT molecular complexity index is 3720. The van der Waals surface area contributed by atoms with Crippen LogP contribution in [-0.4, -0.2) is 143 Å². The number of hydrogen-bond acceptors (Lipinski definition) is 19. The third-order valence-corrected chi connectivity index (χ3v) is 27.0. The molecular weight excluding hydrogens is 1400 g/mol. The fourth-order valence-corrected chi connectivity index (χ4v) is 11.9. The van der Waals surface area contributed by atoms with Crippen molar-refractivity contribution in [3.63, 3.8) is 0 Å². The molecule has 22 heteroatoms. The lowest BCUT2D eigenvalue weighted by Gasteiger charge is -2.39. The summed E-state index contributed by atoms with van der Waals surface area (Å²) in [6.45, 7) is 19.0. The predicted octanol–water partition coefficient (Wildman–Crippen LogP) is 15.2. The maximum absolute atomic E-state index is 13.8. The first-order chi connectivity index (χ1) is 48.6. The molecule has 0 spiro atoms. The first kappa shape index (κ1) is 79.6. The van der Waals surface area contributed by atoms with Crippen LogP contribution in [0.1, 0.15) is 124 Å². The number of benzene rings is 8. The van der Waals surface area contributed by atoms with Crippen LogP contribution in [0.25, 0.3) is 0 Å². The zero-order valence-electron chi connectivity index (χ0n) is 58.7. The van der Waals surface area contributed by atoms with E-state index in [1.54, 1.807) is 206 Å². The lowest BCUT2D eigenvalue weighted by Crippen LogP contribution is -2.55. The maximum Gasteiger partial charge on any atom is 0.338 e. The Morgan fingerprint density at radius 1 is 0.294 bits per heavy atom. The Kier molecular flexibility index (Phi) is 29.5. The number of alkyl halides is 1. The molecule has 0 heterocycles. The van der Waals surface area contributed by atoms with E-state index >= 15 is 0 Å². The summed E-state index contributed by atoms with van der Waals surface area (Å²) < 4.78 is 61.4. The molecule has 536 valence electrons. The molecule has 102 heavy (non-hydrogen) atoms. The molecule has 0 amide bonds. The van der Waals surface area contributed by atoms with Gasteiger partial charge in [0.25, 0.3) is 0 Å². The van der Waals surface area contributed by atoms with Gasteiger partial charge in [0.2, 0.25) is 0 Å². The molecule has 0 saturated heterocycles. The van der Waals surface area contributed by atoms with Crippen LogP contribution in [0.15, 0.2) is 243 Å². The molecule has 0 radical (unpaired) electrons. The van der Waals surface area contributed by atoms with Gasteiger partial charge < -0.3 is 51.9 Å². The highest BCUT2D eigenvalue weighted by atomic mass is 79.9. The van der Waals surface area contributed by atoms with Gasteiger partial charge in [0.15, 0.2) is 65.5 Å². The monoisotopic (exact) mass is 1490 g/mol. The summed E-state index contributed by atoms with van der Waals surface area (Å²) in [5.41, 5.74) is 1.55. The quantitative estimate of drug-likeness (QED) is 0.0190. The number of aliphatic hydroxyl groups is 1. The van der Waals surface area contributed by atoms with Crippen molar-refractivity contribution >= 4 is 80.3 Å². The Hall–Kier alpha value is -9.69. The van der Waals surface area contributed by atoms with Gasteiger partial charge >= 0.3 is 47.8 Å². The number of carbonyl (C=O) groups excluding carboxylic acids is 8. The van der Waals surface area contributed by atoms with Crippen LogP contribution in [0.4, 0.5) is 0 Å². The molecule has 1 N–H and O–H groups in total. The van der Waals surface area contributed by atoms with Gasteiger partial charge in [-0.2, -0.15) is 0 Å². The summed E-state index contributed by atoms with van der Waals surface area (Å²) in [5.74, 6) is -6.29. The first-order valence-corrected chi connectivity index (χ1v) is 40.1. The largest absolute Gasteiger partial charge is 0.454 e. The average Bonchev–Trinajstić information content (AvgIpc) is 0.803. The van der Waals surface area contributed by atoms with Gasteiger partial charge in [-0.15, -0.1) is 0 Å². The van der Waals surface area contributed by atoms with Crippen molar-refractivity contribution in [3.8, 4) is 0 Å². The van der Waals surface area contributed by atoms with Gasteiger partial charge in [0.1, 0.15) is 0 Å². The van der Waals surface area contributed by atoms with Gasteiger partial charge in [-0.05, 0) is 133 Å². The molecule has 0 saturated carbocycles. The fraction of sp³-hybridized carbons (Fsp3) is 0.300. The van der Waals surface area contributed by atoms with E-state index in [1.807, 2.05) is 47.0 Å². The second-order valence-corrected chi connectivity index (χ2v) is 36.9. The summed E-state index contributed by atoms with van der Waals surface area (Å²) in [6.07, 6.45) is -11.9. The smallest absolute Gasteiger partial charge is 0.338 e. The summed E-state index contributed by atoms with van der Waals surface area (Å²) in [4.78, 5) is 109. The zero-order valence-corrected chi connectivity index (χ0v) is 62.3. The van der Waals surface area contributed by atoms with Crippen molar-refractivity contribution in [2.75, 3.05) is 25.2 Å². The van der Waals surface area contributed by atoms with Gasteiger partial charge in [0.05, 0.1) is 64.3 Å². The minimum atomic E-state index is -2.55. The van der Waals surface area contributed by atoms with E-state index < -0.39 is 120 Å². The molecule has 8 aromatic carbocycles. The van der Waals surface area contributed by atoms with Crippen molar-refractivity contribution in [2.45, 2.75) is 127 Å². The van der Waals surface area contributed by atoms with Crippen LogP contribution in [-0.2, 0) is 46.7 Å². The van der Waals surface area contributed by atoms with Crippen LogP contribution < -0.4 is 0 Å². The molecule has 0 aliphatic carbocycles. The molecule has 8 aromatic rings. The average molecular weight is 1490 g/mol. The zero-order chi connectivity index (χ0) is 74.0. The Balaban J connectivity index is 0.000000286. The highest BCUT2D eigenvalue weighted by Crippen LogP contribution is 2.39. The highest BCUT2D eigenvalue weighted by molar-refractivity contribution is 9.09. The molecule has 0 fully saturated rings. The van der Waals surface area contributed by atoms with E-state index in [1.165, 1.54) is 36.4 Å². The van der Waals surface area contributed by atoms with Gasteiger partial charge in [-0.3, -0.25) is 0 Å². The summed E-state index contributed by atoms with van der Waals surface area (Å²) in [7, 11) is -5.05. The highest BCUT2D eigenvalue weighted by Gasteiger charge is 2.49. The molecule has 0 aliphatic rings. The Morgan fingerprint density at radius 3 is 0.647 bits per heavy atom. The normalized spacial score (nSPS) is 13.9. The van der Waals surface area contributed by atoms with E-state index in [2.05, 4.69) is 36.7 Å². The SMILES string of the molecule is CC(C)(C)[Si](C)(C)OC[C@@H](OC(=O)c1ccccc1)[C@@H](OC(=O)c1ccccc1)[C@H](OC(=O)c1ccccc1)[C@@H](CBr)OC(=O)c1ccccc1.CC(C)(C)[Si](C)(C)OC[C@@H](OC(=O)c1ccccc1)[C@@H](OC(=O)c1ccccc1)[C@H](OC(=O)c1ccccc1)[C@@H](CO)OC(=O)c1ccccc1. The number of aliphatic hydroxyl groups excluding tert-OH is 1. The second kappa shape index (κ2) is 37.8. The number of ether oxygens (including phenoxy) is 8. The number of halogens is 1. The van der Waals surface area contributed by atoms with Crippen LogP contribution in [0.3, 0.4) is 0 Å². The fourth-order valence-electron chi connectivity index (χ4n) is 9.40. The molecule has 0 unspecified atom stereocenters. The molecule has 0 bridgehead atoms. The predicted molar refractivity (Wildman–Crippen MR) is 392 cm³/mol. The minimum Gasteiger partial charge on any atom is -0.454 e. The van der Waals surface area contributed by atoms with Crippen LogP contribution in [0.2, 0.25) is 36.3 Å². The van der Waals surface area contributed by atoms with Crippen LogP contribution in [0.5, 0.6) is 0 Å². The third-order valence-electron chi connectivity index (χ3n) is 17.4. The van der Waals surface area contributed by atoms with E-state index in [0.717, 1.165) is 0 Å². The van der Waals surface area contributed by atoms with Gasteiger partial charge in [-0.1, -0.05) is 203 Å². The number of esters is 8. The van der Waals surface area contributed by atoms with Crippen molar-refractivity contribution in [1.29, 1.82) is 0 Å². The van der Waals surface area contributed by atoms with E-state index in [9.17, 15) is 43.5 Å².